The van der Waals surface area contributed by atoms with E-state index in [2.05, 4.69) is 34.5 Å². The van der Waals surface area contributed by atoms with Gasteiger partial charge in [-0.15, -0.1) is 0 Å². The van der Waals surface area contributed by atoms with Gasteiger partial charge in [0.15, 0.2) is 0 Å². The molecule has 5 rings (SSSR count). The van der Waals surface area contributed by atoms with Crippen molar-refractivity contribution in [3.05, 3.63) is 74.9 Å². The van der Waals surface area contributed by atoms with E-state index >= 15 is 0 Å². The lowest BCUT2D eigenvalue weighted by Crippen LogP contribution is -2.35. The number of halogens is 1. The Bertz CT molecular complexity index is 1340. The summed E-state index contributed by atoms with van der Waals surface area (Å²) in [5.41, 5.74) is 3.58. The first-order valence-electron chi connectivity index (χ1n) is 13.8. The van der Waals surface area contributed by atoms with Crippen LogP contribution in [0.3, 0.4) is 0 Å². The van der Waals surface area contributed by atoms with Gasteiger partial charge in [0, 0.05) is 24.9 Å². The summed E-state index contributed by atoms with van der Waals surface area (Å²) in [4.78, 5) is 19.5. The van der Waals surface area contributed by atoms with Crippen LogP contribution in [-0.2, 0) is 0 Å². The lowest BCUT2D eigenvalue weighted by atomic mass is 10.1. The van der Waals surface area contributed by atoms with Crippen molar-refractivity contribution in [3.63, 3.8) is 0 Å². The van der Waals surface area contributed by atoms with Crippen LogP contribution in [-0.4, -0.2) is 42.8 Å². The largest absolute Gasteiger partial charge is 0.493 e. The standard InChI is InChI=1S/C32H35IN2O4/c1-22-9-11-25(12-10-22)39-31-19-26(13-14-28(31)33)37-16-5-3-4-6-17-38-30-20-29-27(18-23(30)2)32(36)35-15-7-8-24(35)21-34-29/h9-14,18-21,24H,3-8,15-17H2,1-2H3/t24-/m0/s1. The van der Waals surface area contributed by atoms with Crippen LogP contribution >= 0.6 is 22.6 Å². The molecule has 1 atom stereocenters. The maximum Gasteiger partial charge on any atom is 0.256 e. The number of carbonyl (C=O) groups is 1. The number of ether oxygens (including phenoxy) is 3. The molecule has 0 radical (unpaired) electrons. The molecule has 0 N–H and O–H groups in total. The third-order valence-electron chi connectivity index (χ3n) is 7.19. The number of carbonyl (C=O) groups excluding carboxylic acids is 1. The molecule has 1 saturated heterocycles. The third-order valence-corrected chi connectivity index (χ3v) is 8.08. The van der Waals surface area contributed by atoms with E-state index in [1.54, 1.807) is 0 Å². The minimum absolute atomic E-state index is 0.0853. The van der Waals surface area contributed by atoms with Crippen molar-refractivity contribution in [1.29, 1.82) is 0 Å². The summed E-state index contributed by atoms with van der Waals surface area (Å²) in [5.74, 6) is 3.34. The molecule has 2 aliphatic heterocycles. The fourth-order valence-electron chi connectivity index (χ4n) is 4.95. The van der Waals surface area contributed by atoms with Gasteiger partial charge in [0.25, 0.3) is 5.91 Å². The predicted molar refractivity (Wildman–Crippen MR) is 163 cm³/mol. The number of aryl methyl sites for hydroxylation is 2. The lowest BCUT2D eigenvalue weighted by Gasteiger charge is -2.20. The number of aliphatic imine (C=N–C) groups is 1. The topological polar surface area (TPSA) is 60.4 Å². The van der Waals surface area contributed by atoms with E-state index in [-0.39, 0.29) is 11.9 Å². The Morgan fingerprint density at radius 2 is 1.64 bits per heavy atom. The summed E-state index contributed by atoms with van der Waals surface area (Å²) in [6, 6.07) is 18.0. The van der Waals surface area contributed by atoms with Gasteiger partial charge in [-0.25, -0.2) is 0 Å². The highest BCUT2D eigenvalue weighted by molar-refractivity contribution is 14.1. The fraction of sp³-hybridized carbons (Fsp3) is 0.375. The van der Waals surface area contributed by atoms with E-state index in [9.17, 15) is 4.79 Å². The average molecular weight is 639 g/mol. The van der Waals surface area contributed by atoms with E-state index in [1.807, 2.05) is 72.6 Å². The maximum atomic E-state index is 13.0. The van der Waals surface area contributed by atoms with Gasteiger partial charge in [-0.05, 0) is 111 Å². The summed E-state index contributed by atoms with van der Waals surface area (Å²) in [5, 5.41) is 0. The molecule has 1 amide bonds. The molecule has 7 heteroatoms. The molecular formula is C32H35IN2O4. The summed E-state index contributed by atoms with van der Waals surface area (Å²) < 4.78 is 19.2. The zero-order valence-electron chi connectivity index (χ0n) is 22.6. The van der Waals surface area contributed by atoms with Crippen LogP contribution in [0.4, 0.5) is 5.69 Å². The molecule has 2 aliphatic rings. The first kappa shape index (κ1) is 27.5. The Morgan fingerprint density at radius 1 is 0.897 bits per heavy atom. The van der Waals surface area contributed by atoms with E-state index < -0.39 is 0 Å². The van der Waals surface area contributed by atoms with E-state index in [0.29, 0.717) is 18.8 Å². The molecule has 0 spiro atoms. The second-order valence-electron chi connectivity index (χ2n) is 10.2. The van der Waals surface area contributed by atoms with Gasteiger partial charge in [0.2, 0.25) is 0 Å². The predicted octanol–water partition coefficient (Wildman–Crippen LogP) is 8.04. The smallest absolute Gasteiger partial charge is 0.256 e. The van der Waals surface area contributed by atoms with Crippen molar-refractivity contribution in [2.75, 3.05) is 19.8 Å². The Kier molecular flexibility index (Phi) is 9.06. The molecule has 0 saturated carbocycles. The van der Waals surface area contributed by atoms with Gasteiger partial charge in [-0.1, -0.05) is 17.7 Å². The van der Waals surface area contributed by atoms with Gasteiger partial charge in [-0.2, -0.15) is 0 Å². The molecule has 1 fully saturated rings. The molecule has 0 bridgehead atoms. The Morgan fingerprint density at radius 3 is 2.44 bits per heavy atom. The van der Waals surface area contributed by atoms with Crippen molar-refractivity contribution in [1.82, 2.24) is 4.90 Å². The van der Waals surface area contributed by atoms with Gasteiger partial charge in [0.1, 0.15) is 23.0 Å². The zero-order valence-corrected chi connectivity index (χ0v) is 24.8. The Labute approximate surface area is 244 Å². The molecular weight excluding hydrogens is 603 g/mol. The molecule has 204 valence electrons. The summed E-state index contributed by atoms with van der Waals surface area (Å²) in [6.45, 7) is 6.18. The van der Waals surface area contributed by atoms with Crippen molar-refractivity contribution in [3.8, 4) is 23.0 Å². The number of unbranched alkanes of at least 4 members (excludes halogenated alkanes) is 3. The van der Waals surface area contributed by atoms with Gasteiger partial charge in [0.05, 0.1) is 34.1 Å². The molecule has 0 aromatic heterocycles. The zero-order chi connectivity index (χ0) is 27.2. The maximum absolute atomic E-state index is 13.0. The van der Waals surface area contributed by atoms with Crippen LogP contribution in [0.15, 0.2) is 59.6 Å². The lowest BCUT2D eigenvalue weighted by molar-refractivity contribution is 0.0774. The summed E-state index contributed by atoms with van der Waals surface area (Å²) in [7, 11) is 0. The van der Waals surface area contributed by atoms with Gasteiger partial charge in [-0.3, -0.25) is 9.79 Å². The average Bonchev–Trinajstić information content (AvgIpc) is 3.36. The second-order valence-corrected chi connectivity index (χ2v) is 11.4. The normalized spacial score (nSPS) is 16.0. The van der Waals surface area contributed by atoms with E-state index in [1.165, 1.54) is 5.56 Å². The highest BCUT2D eigenvalue weighted by atomic mass is 127. The highest BCUT2D eigenvalue weighted by Crippen LogP contribution is 2.34. The molecule has 3 aromatic carbocycles. The SMILES string of the molecule is Cc1ccc(Oc2cc(OCCCCCCOc3cc4c(cc3C)C(=O)N3CCC[C@H]3C=N4)ccc2I)cc1. The number of hydrogen-bond acceptors (Lipinski definition) is 5. The quantitative estimate of drug-likeness (QED) is 0.158. The number of amides is 1. The summed E-state index contributed by atoms with van der Waals surface area (Å²) >= 11 is 2.28. The molecule has 39 heavy (non-hydrogen) atoms. The van der Waals surface area contributed by atoms with Crippen LogP contribution in [0.25, 0.3) is 0 Å². The first-order chi connectivity index (χ1) is 19.0. The summed E-state index contributed by atoms with van der Waals surface area (Å²) in [6.07, 6.45) is 8.03. The minimum Gasteiger partial charge on any atom is -0.493 e. The number of hydrogen-bond donors (Lipinski definition) is 0. The second kappa shape index (κ2) is 12.9. The van der Waals surface area contributed by atoms with Crippen LogP contribution in [0, 0.1) is 17.4 Å². The molecule has 0 unspecified atom stereocenters. The van der Waals surface area contributed by atoms with Crippen LogP contribution in [0.2, 0.25) is 0 Å². The van der Waals surface area contributed by atoms with Crippen LogP contribution < -0.4 is 14.2 Å². The Balaban J connectivity index is 1.03. The number of benzene rings is 3. The molecule has 2 heterocycles. The molecule has 0 aliphatic carbocycles. The van der Waals surface area contributed by atoms with Crippen molar-refractivity contribution in [2.24, 2.45) is 4.99 Å². The van der Waals surface area contributed by atoms with Crippen molar-refractivity contribution in [2.45, 2.75) is 58.4 Å². The third kappa shape index (κ3) is 6.93. The monoisotopic (exact) mass is 638 g/mol. The van der Waals surface area contributed by atoms with Crippen molar-refractivity contribution >= 4 is 40.4 Å². The van der Waals surface area contributed by atoms with Crippen LogP contribution in [0.1, 0.15) is 60.0 Å². The number of fused-ring (bicyclic) bond motifs is 2. The first-order valence-corrected chi connectivity index (χ1v) is 14.9. The van der Waals surface area contributed by atoms with E-state index in [0.717, 1.165) is 82.9 Å². The highest BCUT2D eigenvalue weighted by Gasteiger charge is 2.32. The van der Waals surface area contributed by atoms with Crippen molar-refractivity contribution < 1.29 is 19.0 Å². The van der Waals surface area contributed by atoms with Gasteiger partial charge < -0.3 is 19.1 Å². The van der Waals surface area contributed by atoms with Crippen LogP contribution in [0.5, 0.6) is 23.0 Å². The minimum atomic E-state index is 0.0853. The number of nitrogens with zero attached hydrogens (tertiary/aromatic N) is 2. The van der Waals surface area contributed by atoms with Gasteiger partial charge >= 0.3 is 0 Å². The fourth-order valence-corrected chi connectivity index (χ4v) is 5.39. The molecule has 6 nitrogen and oxygen atoms in total. The molecule has 3 aromatic rings. The van der Waals surface area contributed by atoms with E-state index in [4.69, 9.17) is 14.2 Å². The number of rotatable bonds is 11. The Hall–Kier alpha value is -3.07.